The average molecular weight is 468 g/mol. The van der Waals surface area contributed by atoms with E-state index in [1.807, 2.05) is 35.2 Å². The Morgan fingerprint density at radius 3 is 1.94 bits per heavy atom. The zero-order valence-electron chi connectivity index (χ0n) is 20.1. The van der Waals surface area contributed by atoms with Gasteiger partial charge < -0.3 is 15.1 Å². The summed E-state index contributed by atoms with van der Waals surface area (Å²) in [6.45, 7) is 1.77. The van der Waals surface area contributed by atoms with Crippen molar-refractivity contribution in [3.63, 3.8) is 0 Å². The summed E-state index contributed by atoms with van der Waals surface area (Å²) < 4.78 is 0. The molecular formula is C30H33N3O2. The molecule has 180 valence electrons. The van der Waals surface area contributed by atoms with Crippen molar-refractivity contribution in [3.8, 4) is 0 Å². The third kappa shape index (κ3) is 4.81. The number of amides is 2. The van der Waals surface area contributed by atoms with E-state index in [1.165, 1.54) is 11.1 Å². The van der Waals surface area contributed by atoms with Gasteiger partial charge in [0.15, 0.2) is 0 Å². The highest BCUT2D eigenvalue weighted by molar-refractivity contribution is 5.93. The maximum atomic E-state index is 13.1. The number of nitrogens with one attached hydrogen (secondary N) is 1. The first kappa shape index (κ1) is 23.2. The summed E-state index contributed by atoms with van der Waals surface area (Å²) in [4.78, 5) is 30.1. The lowest BCUT2D eigenvalue weighted by atomic mass is 9.85. The van der Waals surface area contributed by atoms with Gasteiger partial charge in [0, 0.05) is 31.1 Å². The van der Waals surface area contributed by atoms with Crippen LogP contribution in [0, 0.1) is 0 Å². The Labute approximate surface area is 207 Å². The highest BCUT2D eigenvalue weighted by atomic mass is 16.2. The Kier molecular flexibility index (Phi) is 6.84. The van der Waals surface area contributed by atoms with Gasteiger partial charge >= 0.3 is 0 Å². The van der Waals surface area contributed by atoms with Crippen molar-refractivity contribution >= 4 is 17.5 Å². The molecule has 1 spiro atoms. The molecule has 2 saturated heterocycles. The van der Waals surface area contributed by atoms with Gasteiger partial charge in [0.25, 0.3) is 0 Å². The van der Waals surface area contributed by atoms with Crippen LogP contribution in [0.4, 0.5) is 5.69 Å². The molecule has 5 rings (SSSR count). The first-order valence-electron chi connectivity index (χ1n) is 12.7. The van der Waals surface area contributed by atoms with E-state index in [2.05, 4.69) is 70.9 Å². The van der Waals surface area contributed by atoms with Crippen LogP contribution in [0.5, 0.6) is 0 Å². The molecule has 0 unspecified atom stereocenters. The number of piperidine rings is 1. The van der Waals surface area contributed by atoms with E-state index < -0.39 is 5.54 Å². The second kappa shape index (κ2) is 10.3. The molecule has 0 radical (unpaired) electrons. The Bertz CT molecular complexity index is 1090. The van der Waals surface area contributed by atoms with Gasteiger partial charge in [-0.2, -0.15) is 0 Å². The van der Waals surface area contributed by atoms with Crippen LogP contribution < -0.4 is 10.2 Å². The molecule has 3 aromatic carbocycles. The minimum absolute atomic E-state index is 0.0852. The SMILES string of the molecule is O=C(CCCC(c1ccccc1)c1ccccc1)N1CCC2(CC1)C(=O)NCN2c1ccccc1. The number of hydrogen-bond acceptors (Lipinski definition) is 3. The van der Waals surface area contributed by atoms with E-state index in [0.717, 1.165) is 18.5 Å². The Morgan fingerprint density at radius 1 is 0.829 bits per heavy atom. The molecule has 2 aliphatic rings. The van der Waals surface area contributed by atoms with Crippen LogP contribution in [0.2, 0.25) is 0 Å². The van der Waals surface area contributed by atoms with Crippen LogP contribution in [0.25, 0.3) is 0 Å². The van der Waals surface area contributed by atoms with Crippen molar-refractivity contribution in [3.05, 3.63) is 102 Å². The molecule has 2 heterocycles. The number of likely N-dealkylation sites (tertiary alicyclic amines) is 1. The summed E-state index contributed by atoms with van der Waals surface area (Å²) in [7, 11) is 0. The smallest absolute Gasteiger partial charge is 0.247 e. The number of carbonyl (C=O) groups is 2. The normalized spacial score (nSPS) is 17.1. The van der Waals surface area contributed by atoms with E-state index in [0.29, 0.717) is 39.0 Å². The number of benzene rings is 3. The molecule has 1 N–H and O–H groups in total. The largest absolute Gasteiger partial charge is 0.342 e. The molecule has 35 heavy (non-hydrogen) atoms. The lowest BCUT2D eigenvalue weighted by Gasteiger charge is -2.43. The number of para-hydroxylation sites is 1. The van der Waals surface area contributed by atoms with E-state index in [4.69, 9.17) is 0 Å². The third-order valence-electron chi connectivity index (χ3n) is 7.64. The quantitative estimate of drug-likeness (QED) is 0.535. The number of carbonyl (C=O) groups excluding carboxylic acids is 2. The first-order valence-corrected chi connectivity index (χ1v) is 12.7. The maximum absolute atomic E-state index is 13.1. The van der Waals surface area contributed by atoms with Crippen LogP contribution in [0.1, 0.15) is 49.1 Å². The Balaban J connectivity index is 1.19. The minimum Gasteiger partial charge on any atom is -0.342 e. The molecule has 3 aromatic rings. The summed E-state index contributed by atoms with van der Waals surface area (Å²) in [5.74, 6) is 0.572. The Morgan fingerprint density at radius 2 is 1.37 bits per heavy atom. The second-order valence-electron chi connectivity index (χ2n) is 9.61. The first-order chi connectivity index (χ1) is 17.2. The van der Waals surface area contributed by atoms with Gasteiger partial charge in [0.2, 0.25) is 11.8 Å². The van der Waals surface area contributed by atoms with Crippen LogP contribution >= 0.6 is 0 Å². The highest BCUT2D eigenvalue weighted by Crippen LogP contribution is 2.36. The topological polar surface area (TPSA) is 52.7 Å². The molecule has 2 aliphatic heterocycles. The second-order valence-corrected chi connectivity index (χ2v) is 9.61. The lowest BCUT2D eigenvalue weighted by Crippen LogP contribution is -2.57. The van der Waals surface area contributed by atoms with Gasteiger partial charge in [-0.3, -0.25) is 9.59 Å². The van der Waals surface area contributed by atoms with Crippen LogP contribution in [0.15, 0.2) is 91.0 Å². The number of nitrogens with zero attached hydrogens (tertiary/aromatic N) is 2. The van der Waals surface area contributed by atoms with Crippen LogP contribution in [-0.2, 0) is 9.59 Å². The fourth-order valence-corrected chi connectivity index (χ4v) is 5.67. The Hall–Kier alpha value is -3.60. The summed E-state index contributed by atoms with van der Waals surface area (Å²) in [6, 6.07) is 31.2. The average Bonchev–Trinajstić information content (AvgIpc) is 3.23. The van der Waals surface area contributed by atoms with Gasteiger partial charge in [-0.15, -0.1) is 0 Å². The highest BCUT2D eigenvalue weighted by Gasteiger charge is 2.50. The predicted molar refractivity (Wildman–Crippen MR) is 139 cm³/mol. The van der Waals surface area contributed by atoms with E-state index in [1.54, 1.807) is 0 Å². The zero-order valence-corrected chi connectivity index (χ0v) is 20.1. The van der Waals surface area contributed by atoms with Gasteiger partial charge in [-0.05, 0) is 48.9 Å². The maximum Gasteiger partial charge on any atom is 0.247 e. The third-order valence-corrected chi connectivity index (χ3v) is 7.64. The zero-order chi connectivity index (χ0) is 24.1. The summed E-state index contributed by atoms with van der Waals surface area (Å²) >= 11 is 0. The molecule has 5 heteroatoms. The van der Waals surface area contributed by atoms with E-state index >= 15 is 0 Å². The van der Waals surface area contributed by atoms with Gasteiger partial charge in [-0.25, -0.2) is 0 Å². The molecule has 0 aliphatic carbocycles. The van der Waals surface area contributed by atoms with Crippen molar-refractivity contribution in [1.82, 2.24) is 10.2 Å². The molecule has 2 amide bonds. The minimum atomic E-state index is -0.552. The van der Waals surface area contributed by atoms with E-state index in [-0.39, 0.29) is 17.7 Å². The monoisotopic (exact) mass is 467 g/mol. The van der Waals surface area contributed by atoms with Crippen molar-refractivity contribution < 1.29 is 9.59 Å². The molecular weight excluding hydrogens is 434 g/mol. The summed E-state index contributed by atoms with van der Waals surface area (Å²) in [5.41, 5.74) is 3.08. The molecule has 0 aromatic heterocycles. The van der Waals surface area contributed by atoms with Crippen molar-refractivity contribution in [2.45, 2.75) is 43.6 Å². The number of anilines is 1. The molecule has 2 fully saturated rings. The molecule has 0 atom stereocenters. The van der Waals surface area contributed by atoms with Crippen molar-refractivity contribution in [2.24, 2.45) is 0 Å². The number of rotatable bonds is 7. The van der Waals surface area contributed by atoms with Crippen molar-refractivity contribution in [2.75, 3.05) is 24.7 Å². The van der Waals surface area contributed by atoms with Crippen molar-refractivity contribution in [1.29, 1.82) is 0 Å². The molecule has 5 nitrogen and oxygen atoms in total. The molecule has 0 bridgehead atoms. The predicted octanol–water partition coefficient (Wildman–Crippen LogP) is 4.94. The van der Waals surface area contributed by atoms with Gasteiger partial charge in [0.05, 0.1) is 6.67 Å². The molecule has 0 saturated carbocycles. The van der Waals surface area contributed by atoms with E-state index in [9.17, 15) is 9.59 Å². The van der Waals surface area contributed by atoms with Crippen LogP contribution in [-0.4, -0.2) is 42.0 Å². The van der Waals surface area contributed by atoms with Gasteiger partial charge in [0.1, 0.15) is 5.54 Å². The standard InChI is InChI=1S/C30H33N3O2/c34-28(18-10-17-27(24-11-4-1-5-12-24)25-13-6-2-7-14-25)32-21-19-30(20-22-32)29(35)31-23-33(30)26-15-8-3-9-16-26/h1-9,11-16,27H,10,17-23H2,(H,31,35). The fourth-order valence-electron chi connectivity index (χ4n) is 5.67. The van der Waals surface area contributed by atoms with Gasteiger partial charge in [-0.1, -0.05) is 78.9 Å². The van der Waals surface area contributed by atoms with Crippen LogP contribution in [0.3, 0.4) is 0 Å². The number of hydrogen-bond donors (Lipinski definition) is 1. The summed E-state index contributed by atoms with van der Waals surface area (Å²) in [6.07, 6.45) is 3.64. The fraction of sp³-hybridized carbons (Fsp3) is 0.333. The lowest BCUT2D eigenvalue weighted by molar-refractivity contribution is -0.135. The summed E-state index contributed by atoms with van der Waals surface area (Å²) in [5, 5.41) is 3.03.